The lowest BCUT2D eigenvalue weighted by atomic mass is 10.0. The molecule has 0 radical (unpaired) electrons. The van der Waals surface area contributed by atoms with Crippen LogP contribution in [0.5, 0.6) is 5.75 Å². The molecular formula is C13H19FN2O3S. The molecule has 1 aliphatic rings. The topological polar surface area (TPSA) is 67.4 Å². The Morgan fingerprint density at radius 2 is 2.30 bits per heavy atom. The molecule has 1 aromatic rings. The first-order chi connectivity index (χ1) is 9.53. The maximum Gasteiger partial charge on any atom is 0.240 e. The van der Waals surface area contributed by atoms with Gasteiger partial charge >= 0.3 is 0 Å². The van der Waals surface area contributed by atoms with Crippen LogP contribution >= 0.6 is 0 Å². The van der Waals surface area contributed by atoms with Crippen LogP contribution in [0.25, 0.3) is 0 Å². The van der Waals surface area contributed by atoms with E-state index in [1.807, 2.05) is 0 Å². The van der Waals surface area contributed by atoms with Crippen molar-refractivity contribution in [2.45, 2.75) is 17.7 Å². The third kappa shape index (κ3) is 3.68. The smallest absolute Gasteiger partial charge is 0.240 e. The van der Waals surface area contributed by atoms with E-state index in [1.165, 1.54) is 19.2 Å². The van der Waals surface area contributed by atoms with Crippen molar-refractivity contribution in [1.29, 1.82) is 0 Å². The molecule has 112 valence electrons. The van der Waals surface area contributed by atoms with Gasteiger partial charge in [-0.15, -0.1) is 0 Å². The van der Waals surface area contributed by atoms with E-state index < -0.39 is 15.8 Å². The molecule has 20 heavy (non-hydrogen) atoms. The number of nitrogens with one attached hydrogen (secondary N) is 2. The predicted molar refractivity (Wildman–Crippen MR) is 73.7 cm³/mol. The van der Waals surface area contributed by atoms with Crippen molar-refractivity contribution in [3.05, 3.63) is 24.0 Å². The second kappa shape index (κ2) is 6.51. The lowest BCUT2D eigenvalue weighted by Gasteiger charge is -2.22. The lowest BCUT2D eigenvalue weighted by Crippen LogP contribution is -2.38. The van der Waals surface area contributed by atoms with Gasteiger partial charge in [0.25, 0.3) is 0 Å². The third-order valence-electron chi connectivity index (χ3n) is 3.39. The summed E-state index contributed by atoms with van der Waals surface area (Å²) in [5, 5.41) is 3.23. The minimum Gasteiger partial charge on any atom is -0.494 e. The summed E-state index contributed by atoms with van der Waals surface area (Å²) in [5.41, 5.74) is 0. The number of hydrogen-bond acceptors (Lipinski definition) is 4. The van der Waals surface area contributed by atoms with E-state index >= 15 is 0 Å². The molecule has 0 spiro atoms. The summed E-state index contributed by atoms with van der Waals surface area (Å²) < 4.78 is 44.9. The molecule has 1 saturated heterocycles. The fourth-order valence-electron chi connectivity index (χ4n) is 2.22. The van der Waals surface area contributed by atoms with Crippen LogP contribution in [0.15, 0.2) is 23.1 Å². The van der Waals surface area contributed by atoms with Gasteiger partial charge in [-0.1, -0.05) is 0 Å². The third-order valence-corrected chi connectivity index (χ3v) is 4.82. The van der Waals surface area contributed by atoms with E-state index in [2.05, 4.69) is 10.0 Å². The highest BCUT2D eigenvalue weighted by Gasteiger charge is 2.20. The van der Waals surface area contributed by atoms with Crippen LogP contribution in [0, 0.1) is 11.7 Å². The average Bonchev–Trinajstić information content (AvgIpc) is 2.46. The van der Waals surface area contributed by atoms with E-state index in [9.17, 15) is 12.8 Å². The Balaban J connectivity index is 2.05. The molecule has 2 rings (SSSR count). The molecule has 1 heterocycles. The molecule has 5 nitrogen and oxygen atoms in total. The molecule has 1 fully saturated rings. The van der Waals surface area contributed by atoms with Crippen LogP contribution in [0.1, 0.15) is 12.8 Å². The van der Waals surface area contributed by atoms with Gasteiger partial charge in [0.2, 0.25) is 10.0 Å². The van der Waals surface area contributed by atoms with Crippen LogP contribution in [-0.4, -0.2) is 35.2 Å². The summed E-state index contributed by atoms with van der Waals surface area (Å²) in [6.07, 6.45) is 2.05. The van der Waals surface area contributed by atoms with Gasteiger partial charge in [-0.3, -0.25) is 0 Å². The number of hydrogen-bond donors (Lipinski definition) is 2. The van der Waals surface area contributed by atoms with E-state index in [1.54, 1.807) is 0 Å². The van der Waals surface area contributed by atoms with Gasteiger partial charge in [0.15, 0.2) is 11.6 Å². The SMILES string of the molecule is COc1cc(S(=O)(=O)NCC2CCCNC2)ccc1F. The zero-order valence-corrected chi connectivity index (χ0v) is 12.2. The van der Waals surface area contributed by atoms with Crippen molar-refractivity contribution >= 4 is 10.0 Å². The fourth-order valence-corrected chi connectivity index (χ4v) is 3.35. The first kappa shape index (κ1) is 15.2. The molecule has 2 N–H and O–H groups in total. The number of methoxy groups -OCH3 is 1. The van der Waals surface area contributed by atoms with Crippen LogP contribution in [0.2, 0.25) is 0 Å². The molecule has 0 bridgehead atoms. The monoisotopic (exact) mass is 302 g/mol. The highest BCUT2D eigenvalue weighted by Crippen LogP contribution is 2.21. The zero-order valence-electron chi connectivity index (χ0n) is 11.4. The Hall–Kier alpha value is -1.18. The molecule has 7 heteroatoms. The summed E-state index contributed by atoms with van der Waals surface area (Å²) in [6, 6.07) is 3.52. The van der Waals surface area contributed by atoms with Gasteiger partial charge in [0, 0.05) is 12.6 Å². The number of sulfonamides is 1. The van der Waals surface area contributed by atoms with E-state index in [0.29, 0.717) is 12.5 Å². The Morgan fingerprint density at radius 3 is 2.95 bits per heavy atom. The Morgan fingerprint density at radius 1 is 1.50 bits per heavy atom. The normalized spacial score (nSPS) is 19.8. The Labute approximate surface area is 118 Å². The van der Waals surface area contributed by atoms with Crippen molar-refractivity contribution in [3.63, 3.8) is 0 Å². The van der Waals surface area contributed by atoms with Crippen molar-refractivity contribution in [2.75, 3.05) is 26.7 Å². The maximum absolute atomic E-state index is 13.3. The lowest BCUT2D eigenvalue weighted by molar-refractivity contribution is 0.375. The second-order valence-electron chi connectivity index (χ2n) is 4.86. The van der Waals surface area contributed by atoms with Crippen LogP contribution in [0.4, 0.5) is 4.39 Å². The first-order valence-corrected chi connectivity index (χ1v) is 8.05. The van der Waals surface area contributed by atoms with Crippen LogP contribution in [-0.2, 0) is 10.0 Å². The first-order valence-electron chi connectivity index (χ1n) is 6.57. The number of piperidine rings is 1. The fraction of sp³-hybridized carbons (Fsp3) is 0.538. The molecule has 0 aliphatic carbocycles. The van der Waals surface area contributed by atoms with Gasteiger partial charge in [-0.2, -0.15) is 0 Å². The average molecular weight is 302 g/mol. The van der Waals surface area contributed by atoms with Crippen LogP contribution < -0.4 is 14.8 Å². The molecule has 0 aromatic heterocycles. The highest BCUT2D eigenvalue weighted by atomic mass is 32.2. The molecular weight excluding hydrogens is 283 g/mol. The summed E-state index contributed by atoms with van der Waals surface area (Å²) in [6.45, 7) is 2.18. The predicted octanol–water partition coefficient (Wildman–Crippen LogP) is 1.11. The van der Waals surface area contributed by atoms with Crippen molar-refractivity contribution in [1.82, 2.24) is 10.0 Å². The minimum absolute atomic E-state index is 0.0134. The highest BCUT2D eigenvalue weighted by molar-refractivity contribution is 7.89. The van der Waals surface area contributed by atoms with Crippen molar-refractivity contribution in [2.24, 2.45) is 5.92 Å². The summed E-state index contributed by atoms with van der Waals surface area (Å²) in [4.78, 5) is 0.0134. The number of halogens is 1. The van der Waals surface area contributed by atoms with E-state index in [0.717, 1.165) is 32.0 Å². The van der Waals surface area contributed by atoms with Crippen molar-refractivity contribution < 1.29 is 17.5 Å². The Bertz CT molecular complexity index is 557. The number of ether oxygens (including phenoxy) is 1. The number of rotatable bonds is 5. The quantitative estimate of drug-likeness (QED) is 0.855. The van der Waals surface area contributed by atoms with Gasteiger partial charge < -0.3 is 10.1 Å². The summed E-state index contributed by atoms with van der Waals surface area (Å²) in [5.74, 6) is -0.365. The molecule has 1 aliphatic heterocycles. The van der Waals surface area contributed by atoms with Gasteiger partial charge in [-0.25, -0.2) is 17.5 Å². The molecule has 0 saturated carbocycles. The minimum atomic E-state index is -3.63. The number of benzene rings is 1. The standard InChI is InChI=1S/C13H19FN2O3S/c1-19-13-7-11(4-5-12(13)14)20(17,18)16-9-10-3-2-6-15-8-10/h4-5,7,10,15-16H,2-3,6,8-9H2,1H3. The van der Waals surface area contributed by atoms with Crippen molar-refractivity contribution in [3.8, 4) is 5.75 Å². The van der Waals surface area contributed by atoms with Crippen LogP contribution in [0.3, 0.4) is 0 Å². The zero-order chi connectivity index (χ0) is 14.6. The Kier molecular flexibility index (Phi) is 4.95. The maximum atomic E-state index is 13.3. The van der Waals surface area contributed by atoms with Gasteiger partial charge in [0.1, 0.15) is 0 Å². The molecule has 1 atom stereocenters. The largest absolute Gasteiger partial charge is 0.494 e. The second-order valence-corrected chi connectivity index (χ2v) is 6.63. The van der Waals surface area contributed by atoms with Gasteiger partial charge in [-0.05, 0) is 44.0 Å². The van der Waals surface area contributed by atoms with Gasteiger partial charge in [0.05, 0.1) is 12.0 Å². The summed E-state index contributed by atoms with van der Waals surface area (Å²) in [7, 11) is -2.33. The molecule has 0 amide bonds. The van der Waals surface area contributed by atoms with E-state index in [-0.39, 0.29) is 10.6 Å². The molecule has 1 unspecified atom stereocenters. The van der Waals surface area contributed by atoms with E-state index in [4.69, 9.17) is 4.74 Å². The summed E-state index contributed by atoms with van der Waals surface area (Å²) >= 11 is 0. The molecule has 1 aromatic carbocycles.